The number of nitrogens with zero attached hydrogens (tertiary/aromatic N) is 1. The Morgan fingerprint density at radius 1 is 1.31 bits per heavy atom. The lowest BCUT2D eigenvalue weighted by molar-refractivity contribution is 0.0595. The molecule has 0 spiro atoms. The molecule has 2 rings (SSSR count). The van der Waals surface area contributed by atoms with Gasteiger partial charge in [0.15, 0.2) is 5.69 Å². The predicted molar refractivity (Wildman–Crippen MR) is 60.1 cm³/mol. The molecular weight excluding hydrogens is 204 g/mol. The molecule has 1 aromatic carbocycles. The van der Waals surface area contributed by atoms with Gasteiger partial charge in [-0.3, -0.25) is 5.10 Å². The van der Waals surface area contributed by atoms with Crippen LogP contribution in [0, 0.1) is 6.92 Å². The molecule has 0 aliphatic carbocycles. The van der Waals surface area contributed by atoms with E-state index in [0.29, 0.717) is 5.69 Å². The maximum absolute atomic E-state index is 11.5. The number of esters is 1. The Balaban J connectivity index is 2.56. The van der Waals surface area contributed by atoms with Crippen LogP contribution in [-0.4, -0.2) is 23.3 Å². The number of hydrogen-bond acceptors (Lipinski definition) is 3. The first-order valence-electron chi connectivity index (χ1n) is 4.92. The lowest BCUT2D eigenvalue weighted by atomic mass is 10.0. The van der Waals surface area contributed by atoms with Crippen molar-refractivity contribution >= 4 is 5.97 Å². The number of aromatic nitrogens is 2. The third-order valence-corrected chi connectivity index (χ3v) is 2.39. The normalized spacial score (nSPS) is 10.1. The van der Waals surface area contributed by atoms with E-state index in [-0.39, 0.29) is 0 Å². The molecule has 0 aliphatic rings. The zero-order chi connectivity index (χ0) is 11.5. The highest BCUT2D eigenvalue weighted by Crippen LogP contribution is 2.25. The number of carbonyl (C=O) groups excluding carboxylic acids is 1. The van der Waals surface area contributed by atoms with Gasteiger partial charge in [-0.25, -0.2) is 4.79 Å². The van der Waals surface area contributed by atoms with Crippen molar-refractivity contribution in [3.8, 4) is 11.1 Å². The zero-order valence-corrected chi connectivity index (χ0v) is 9.15. The van der Waals surface area contributed by atoms with E-state index in [0.717, 1.165) is 16.8 Å². The van der Waals surface area contributed by atoms with Crippen LogP contribution in [0.5, 0.6) is 0 Å². The molecule has 1 heterocycles. The number of aryl methyl sites for hydroxylation is 1. The number of nitrogens with one attached hydrogen (secondary N) is 1. The first kappa shape index (κ1) is 10.4. The minimum atomic E-state index is -0.428. The smallest absolute Gasteiger partial charge is 0.359 e. The summed E-state index contributed by atoms with van der Waals surface area (Å²) in [5, 5.41) is 6.76. The van der Waals surface area contributed by atoms with Gasteiger partial charge in [0.2, 0.25) is 0 Å². The predicted octanol–water partition coefficient (Wildman–Crippen LogP) is 2.17. The molecule has 1 aromatic heterocycles. The first-order valence-corrected chi connectivity index (χ1v) is 4.92. The van der Waals surface area contributed by atoms with Gasteiger partial charge < -0.3 is 4.74 Å². The summed E-state index contributed by atoms with van der Waals surface area (Å²) in [4.78, 5) is 11.5. The van der Waals surface area contributed by atoms with Crippen LogP contribution in [0.1, 0.15) is 16.2 Å². The number of carbonyl (C=O) groups is 1. The molecule has 1 N–H and O–H groups in total. The van der Waals surface area contributed by atoms with Crippen LogP contribution in [0.25, 0.3) is 11.1 Å². The summed E-state index contributed by atoms with van der Waals surface area (Å²) in [6.07, 6.45) is 0. The van der Waals surface area contributed by atoms with Crippen molar-refractivity contribution in [1.29, 1.82) is 0 Å². The third kappa shape index (κ3) is 1.69. The Hall–Kier alpha value is -2.10. The van der Waals surface area contributed by atoms with E-state index in [1.165, 1.54) is 7.11 Å². The monoisotopic (exact) mass is 216 g/mol. The third-order valence-electron chi connectivity index (χ3n) is 2.39. The minimum absolute atomic E-state index is 0.325. The van der Waals surface area contributed by atoms with Gasteiger partial charge in [-0.15, -0.1) is 0 Å². The van der Waals surface area contributed by atoms with E-state index in [4.69, 9.17) is 4.74 Å². The van der Waals surface area contributed by atoms with Crippen LogP contribution in [0.4, 0.5) is 0 Å². The SMILES string of the molecule is COC(=O)c1n[nH]c(C)c1-c1ccccc1. The fourth-order valence-corrected chi connectivity index (χ4v) is 1.63. The second kappa shape index (κ2) is 4.18. The molecule has 0 fully saturated rings. The number of hydrogen-bond donors (Lipinski definition) is 1. The van der Waals surface area contributed by atoms with Crippen molar-refractivity contribution < 1.29 is 9.53 Å². The van der Waals surface area contributed by atoms with Crippen LogP contribution in [0.3, 0.4) is 0 Å². The fraction of sp³-hybridized carbons (Fsp3) is 0.167. The molecule has 0 saturated carbocycles. The van der Waals surface area contributed by atoms with Gasteiger partial charge in [-0.05, 0) is 12.5 Å². The Bertz CT molecular complexity index is 503. The van der Waals surface area contributed by atoms with Crippen LogP contribution in [0.15, 0.2) is 30.3 Å². The van der Waals surface area contributed by atoms with E-state index in [2.05, 4.69) is 10.2 Å². The summed E-state index contributed by atoms with van der Waals surface area (Å²) in [7, 11) is 1.35. The number of methoxy groups -OCH3 is 1. The molecule has 0 atom stereocenters. The van der Waals surface area contributed by atoms with Crippen molar-refractivity contribution in [1.82, 2.24) is 10.2 Å². The Kier molecular flexibility index (Phi) is 2.72. The van der Waals surface area contributed by atoms with Crippen LogP contribution >= 0.6 is 0 Å². The van der Waals surface area contributed by atoms with Crippen molar-refractivity contribution in [3.05, 3.63) is 41.7 Å². The van der Waals surface area contributed by atoms with Gasteiger partial charge in [-0.2, -0.15) is 5.10 Å². The summed E-state index contributed by atoms with van der Waals surface area (Å²) < 4.78 is 4.69. The minimum Gasteiger partial charge on any atom is -0.464 e. The first-order chi connectivity index (χ1) is 7.74. The second-order valence-corrected chi connectivity index (χ2v) is 3.43. The molecule has 0 aliphatic heterocycles. The molecule has 0 saturated heterocycles. The number of H-pyrrole nitrogens is 1. The Morgan fingerprint density at radius 2 is 2.00 bits per heavy atom. The lowest BCUT2D eigenvalue weighted by Crippen LogP contribution is -2.03. The van der Waals surface area contributed by atoms with E-state index in [1.54, 1.807) is 0 Å². The molecule has 16 heavy (non-hydrogen) atoms. The molecule has 4 heteroatoms. The molecule has 0 amide bonds. The largest absolute Gasteiger partial charge is 0.464 e. The highest BCUT2D eigenvalue weighted by Gasteiger charge is 2.18. The molecule has 4 nitrogen and oxygen atoms in total. The van der Waals surface area contributed by atoms with Crippen LogP contribution in [-0.2, 0) is 4.74 Å². The molecule has 82 valence electrons. The standard InChI is InChI=1S/C12H12N2O2/c1-8-10(9-6-4-3-5-7-9)11(14-13-8)12(15)16-2/h3-7H,1-2H3,(H,13,14). The molecular formula is C12H12N2O2. The van der Waals surface area contributed by atoms with Crippen molar-refractivity contribution in [2.45, 2.75) is 6.92 Å². The van der Waals surface area contributed by atoms with Crippen molar-refractivity contribution in [3.63, 3.8) is 0 Å². The average molecular weight is 216 g/mol. The van der Waals surface area contributed by atoms with Crippen LogP contribution < -0.4 is 0 Å². The number of aromatic amines is 1. The summed E-state index contributed by atoms with van der Waals surface area (Å²) >= 11 is 0. The maximum Gasteiger partial charge on any atom is 0.359 e. The number of ether oxygens (including phenoxy) is 1. The molecule has 0 unspecified atom stereocenters. The van der Waals surface area contributed by atoms with E-state index >= 15 is 0 Å². The molecule has 0 radical (unpaired) electrons. The quantitative estimate of drug-likeness (QED) is 0.783. The summed E-state index contributed by atoms with van der Waals surface area (Å²) in [6.45, 7) is 1.88. The maximum atomic E-state index is 11.5. The number of benzene rings is 1. The van der Waals surface area contributed by atoms with Crippen molar-refractivity contribution in [2.75, 3.05) is 7.11 Å². The molecule has 2 aromatic rings. The highest BCUT2D eigenvalue weighted by atomic mass is 16.5. The molecule has 0 bridgehead atoms. The topological polar surface area (TPSA) is 55.0 Å². The average Bonchev–Trinajstić information content (AvgIpc) is 2.71. The van der Waals surface area contributed by atoms with Gasteiger partial charge in [0.25, 0.3) is 0 Å². The lowest BCUT2D eigenvalue weighted by Gasteiger charge is -2.02. The van der Waals surface area contributed by atoms with Gasteiger partial charge >= 0.3 is 5.97 Å². The van der Waals surface area contributed by atoms with Gasteiger partial charge in [-0.1, -0.05) is 30.3 Å². The highest BCUT2D eigenvalue weighted by molar-refractivity contribution is 5.95. The van der Waals surface area contributed by atoms with E-state index in [1.807, 2.05) is 37.3 Å². The Morgan fingerprint density at radius 3 is 2.62 bits per heavy atom. The summed E-state index contributed by atoms with van der Waals surface area (Å²) in [6, 6.07) is 9.64. The summed E-state index contributed by atoms with van der Waals surface area (Å²) in [5.74, 6) is -0.428. The summed E-state index contributed by atoms with van der Waals surface area (Å²) in [5.41, 5.74) is 2.93. The van der Waals surface area contributed by atoms with Crippen LogP contribution in [0.2, 0.25) is 0 Å². The van der Waals surface area contributed by atoms with Gasteiger partial charge in [0, 0.05) is 11.3 Å². The van der Waals surface area contributed by atoms with E-state index < -0.39 is 5.97 Å². The Labute approximate surface area is 93.3 Å². The number of rotatable bonds is 2. The zero-order valence-electron chi connectivity index (χ0n) is 9.15. The second-order valence-electron chi connectivity index (χ2n) is 3.43. The van der Waals surface area contributed by atoms with Gasteiger partial charge in [0.05, 0.1) is 7.11 Å². The van der Waals surface area contributed by atoms with Crippen molar-refractivity contribution in [2.24, 2.45) is 0 Å². The van der Waals surface area contributed by atoms with E-state index in [9.17, 15) is 4.79 Å². The van der Waals surface area contributed by atoms with Gasteiger partial charge in [0.1, 0.15) is 0 Å². The fourth-order valence-electron chi connectivity index (χ4n) is 1.63.